The zero-order valence-electron chi connectivity index (χ0n) is 9.82. The number of carboxylic acid groups (broad SMARTS) is 1. The van der Waals surface area contributed by atoms with Gasteiger partial charge in [-0.05, 0) is 19.4 Å². The molecule has 1 aliphatic heterocycles. The fraction of sp³-hybridized carbons (Fsp3) is 0.385. The van der Waals surface area contributed by atoms with Gasteiger partial charge in [0, 0.05) is 5.56 Å². The SMILES string of the molecule is Cc1ccc(C(=O)C2(C(=O)O)COC2)c(C)c1. The van der Waals surface area contributed by atoms with Crippen LogP contribution in [0.1, 0.15) is 21.5 Å². The van der Waals surface area contributed by atoms with E-state index in [0.29, 0.717) is 5.56 Å². The number of Topliss-reactive ketones (excluding diaryl/α,β-unsaturated/α-hetero) is 1. The number of benzene rings is 1. The number of hydrogen-bond donors (Lipinski definition) is 1. The van der Waals surface area contributed by atoms with Crippen LogP contribution in [-0.2, 0) is 9.53 Å². The van der Waals surface area contributed by atoms with Crippen LogP contribution in [0.5, 0.6) is 0 Å². The Hall–Kier alpha value is -1.68. The molecule has 17 heavy (non-hydrogen) atoms. The Kier molecular flexibility index (Phi) is 2.75. The van der Waals surface area contributed by atoms with E-state index in [1.54, 1.807) is 6.07 Å². The van der Waals surface area contributed by atoms with Crippen LogP contribution < -0.4 is 0 Å². The van der Waals surface area contributed by atoms with Crippen molar-refractivity contribution in [2.75, 3.05) is 13.2 Å². The van der Waals surface area contributed by atoms with Gasteiger partial charge in [0.25, 0.3) is 0 Å². The van der Waals surface area contributed by atoms with Crippen LogP contribution in [0.25, 0.3) is 0 Å². The van der Waals surface area contributed by atoms with Crippen molar-refractivity contribution in [1.82, 2.24) is 0 Å². The van der Waals surface area contributed by atoms with Crippen LogP contribution >= 0.6 is 0 Å². The first-order valence-electron chi connectivity index (χ1n) is 5.40. The Morgan fingerprint density at radius 3 is 2.35 bits per heavy atom. The van der Waals surface area contributed by atoms with Gasteiger partial charge in [0.1, 0.15) is 0 Å². The summed E-state index contributed by atoms with van der Waals surface area (Å²) >= 11 is 0. The lowest BCUT2D eigenvalue weighted by molar-refractivity contribution is -0.168. The second kappa shape index (κ2) is 3.96. The Morgan fingerprint density at radius 1 is 1.29 bits per heavy atom. The van der Waals surface area contributed by atoms with Crippen molar-refractivity contribution in [2.24, 2.45) is 5.41 Å². The molecule has 2 rings (SSSR count). The molecule has 1 fully saturated rings. The molecule has 90 valence electrons. The molecule has 0 aliphatic carbocycles. The molecule has 0 radical (unpaired) electrons. The maximum absolute atomic E-state index is 12.3. The van der Waals surface area contributed by atoms with Gasteiger partial charge in [0.15, 0.2) is 11.2 Å². The predicted molar refractivity (Wildman–Crippen MR) is 61.1 cm³/mol. The van der Waals surface area contributed by atoms with E-state index >= 15 is 0 Å². The second-order valence-electron chi connectivity index (χ2n) is 4.53. The zero-order chi connectivity index (χ0) is 12.6. The number of rotatable bonds is 3. The fourth-order valence-electron chi connectivity index (χ4n) is 1.98. The van der Waals surface area contributed by atoms with Crippen molar-refractivity contribution in [3.05, 3.63) is 34.9 Å². The second-order valence-corrected chi connectivity index (χ2v) is 4.53. The Bertz CT molecular complexity index is 486. The standard InChI is InChI=1S/C13H14O4/c1-8-3-4-10(9(2)5-8)11(14)13(12(15)16)6-17-7-13/h3-5H,6-7H2,1-2H3,(H,15,16). The van der Waals surface area contributed by atoms with Crippen molar-refractivity contribution in [3.8, 4) is 0 Å². The van der Waals surface area contributed by atoms with Gasteiger partial charge in [0.05, 0.1) is 13.2 Å². The molecule has 4 heteroatoms. The fourth-order valence-corrected chi connectivity index (χ4v) is 1.98. The highest BCUT2D eigenvalue weighted by atomic mass is 16.5. The molecule has 4 nitrogen and oxygen atoms in total. The van der Waals surface area contributed by atoms with Crippen molar-refractivity contribution >= 4 is 11.8 Å². The van der Waals surface area contributed by atoms with Crippen molar-refractivity contribution < 1.29 is 19.4 Å². The van der Waals surface area contributed by atoms with Crippen molar-refractivity contribution in [2.45, 2.75) is 13.8 Å². The Balaban J connectivity index is 2.40. The molecule has 0 atom stereocenters. The summed E-state index contributed by atoms with van der Waals surface area (Å²) in [5, 5.41) is 9.16. The number of aryl methyl sites for hydroxylation is 2. The van der Waals surface area contributed by atoms with E-state index < -0.39 is 11.4 Å². The molecule has 1 aliphatic rings. The molecule has 1 aromatic carbocycles. The summed E-state index contributed by atoms with van der Waals surface area (Å²) in [6.07, 6.45) is 0. The minimum atomic E-state index is -1.37. The number of carboxylic acids is 1. The number of ketones is 1. The zero-order valence-corrected chi connectivity index (χ0v) is 9.82. The summed E-state index contributed by atoms with van der Waals surface area (Å²) in [4.78, 5) is 23.5. The monoisotopic (exact) mass is 234 g/mol. The third-order valence-electron chi connectivity index (χ3n) is 3.17. The Morgan fingerprint density at radius 2 is 1.94 bits per heavy atom. The molecule has 0 unspecified atom stereocenters. The van der Waals surface area contributed by atoms with Crippen LogP contribution in [0.2, 0.25) is 0 Å². The van der Waals surface area contributed by atoms with Gasteiger partial charge in [-0.15, -0.1) is 0 Å². The highest BCUT2D eigenvalue weighted by Gasteiger charge is 2.53. The molecule has 1 N–H and O–H groups in total. The molecule has 1 aromatic rings. The van der Waals surface area contributed by atoms with Gasteiger partial charge in [-0.1, -0.05) is 23.8 Å². The summed E-state index contributed by atoms with van der Waals surface area (Å²) in [5.74, 6) is -1.46. The van der Waals surface area contributed by atoms with Crippen LogP contribution in [0, 0.1) is 19.3 Å². The molecule has 0 spiro atoms. The highest BCUT2D eigenvalue weighted by Crippen LogP contribution is 2.33. The minimum Gasteiger partial charge on any atom is -0.480 e. The van der Waals surface area contributed by atoms with Crippen LogP contribution in [0.3, 0.4) is 0 Å². The van der Waals surface area contributed by atoms with Gasteiger partial charge in [-0.3, -0.25) is 9.59 Å². The Labute approximate surface area is 99.2 Å². The lowest BCUT2D eigenvalue weighted by Crippen LogP contribution is -2.55. The lowest BCUT2D eigenvalue weighted by atomic mass is 9.77. The molecule has 0 amide bonds. The molecule has 1 saturated heterocycles. The molecular weight excluding hydrogens is 220 g/mol. The first-order valence-corrected chi connectivity index (χ1v) is 5.40. The maximum atomic E-state index is 12.3. The van der Waals surface area contributed by atoms with Crippen molar-refractivity contribution in [3.63, 3.8) is 0 Å². The molecular formula is C13H14O4. The van der Waals surface area contributed by atoms with Crippen LogP contribution in [-0.4, -0.2) is 30.1 Å². The minimum absolute atomic E-state index is 0.0333. The quantitative estimate of drug-likeness (QED) is 0.637. The topological polar surface area (TPSA) is 63.6 Å². The van der Waals surface area contributed by atoms with E-state index in [1.807, 2.05) is 26.0 Å². The van der Waals surface area contributed by atoms with Gasteiger partial charge in [0.2, 0.25) is 0 Å². The van der Waals surface area contributed by atoms with Gasteiger partial charge in [-0.25, -0.2) is 0 Å². The van der Waals surface area contributed by atoms with E-state index in [9.17, 15) is 9.59 Å². The van der Waals surface area contributed by atoms with Crippen LogP contribution in [0.4, 0.5) is 0 Å². The summed E-state index contributed by atoms with van der Waals surface area (Å²) in [5.41, 5.74) is 0.956. The van der Waals surface area contributed by atoms with E-state index in [-0.39, 0.29) is 19.0 Å². The smallest absolute Gasteiger partial charge is 0.322 e. The third kappa shape index (κ3) is 1.74. The average molecular weight is 234 g/mol. The average Bonchev–Trinajstić information content (AvgIpc) is 2.14. The van der Waals surface area contributed by atoms with E-state index in [2.05, 4.69) is 0 Å². The van der Waals surface area contributed by atoms with Crippen LogP contribution in [0.15, 0.2) is 18.2 Å². The van der Waals surface area contributed by atoms with Gasteiger partial charge in [-0.2, -0.15) is 0 Å². The number of aliphatic carboxylic acids is 1. The van der Waals surface area contributed by atoms with Crippen molar-refractivity contribution in [1.29, 1.82) is 0 Å². The molecule has 1 heterocycles. The summed E-state index contributed by atoms with van der Waals surface area (Å²) in [6, 6.07) is 5.38. The van der Waals surface area contributed by atoms with Gasteiger partial charge < -0.3 is 9.84 Å². The number of ether oxygens (including phenoxy) is 1. The van der Waals surface area contributed by atoms with E-state index in [0.717, 1.165) is 11.1 Å². The number of hydrogen-bond acceptors (Lipinski definition) is 3. The molecule has 0 aromatic heterocycles. The summed E-state index contributed by atoms with van der Waals surface area (Å²) < 4.78 is 4.90. The predicted octanol–water partition coefficient (Wildman–Crippen LogP) is 1.59. The molecule has 0 bridgehead atoms. The maximum Gasteiger partial charge on any atom is 0.322 e. The van der Waals surface area contributed by atoms with Gasteiger partial charge >= 0.3 is 5.97 Å². The summed E-state index contributed by atoms with van der Waals surface area (Å²) in [7, 11) is 0. The largest absolute Gasteiger partial charge is 0.480 e. The highest BCUT2D eigenvalue weighted by molar-refractivity contribution is 6.13. The number of carbonyl (C=O) groups is 2. The first kappa shape index (κ1) is 11.8. The van der Waals surface area contributed by atoms with E-state index in [1.165, 1.54) is 0 Å². The normalized spacial score (nSPS) is 17.3. The lowest BCUT2D eigenvalue weighted by Gasteiger charge is -2.36. The first-order chi connectivity index (χ1) is 7.97. The number of carbonyl (C=O) groups excluding carboxylic acids is 1. The summed E-state index contributed by atoms with van der Waals surface area (Å²) in [6.45, 7) is 3.68. The van der Waals surface area contributed by atoms with E-state index in [4.69, 9.17) is 9.84 Å². The molecule has 0 saturated carbocycles. The third-order valence-corrected chi connectivity index (χ3v) is 3.17.